The summed E-state index contributed by atoms with van der Waals surface area (Å²) in [7, 11) is 0. The summed E-state index contributed by atoms with van der Waals surface area (Å²) < 4.78 is 6.25. The Labute approximate surface area is 105 Å². The van der Waals surface area contributed by atoms with Crippen molar-refractivity contribution < 1.29 is 4.74 Å². The maximum atomic E-state index is 5.25. The van der Waals surface area contributed by atoms with E-state index in [-0.39, 0.29) is 17.0 Å². The molecule has 0 saturated heterocycles. The summed E-state index contributed by atoms with van der Waals surface area (Å²) in [6.45, 7) is 2.59. The third-order valence-electron chi connectivity index (χ3n) is 1.31. The highest BCUT2D eigenvalue weighted by Gasteiger charge is 2.01. The smallest absolute Gasteiger partial charge is 0.213 e. The van der Waals surface area contributed by atoms with Crippen molar-refractivity contribution in [3.63, 3.8) is 0 Å². The Morgan fingerprint density at radius 3 is 2.69 bits per heavy atom. The molecule has 74 valence electrons. The molecule has 0 unspecified atom stereocenters. The van der Waals surface area contributed by atoms with E-state index >= 15 is 0 Å². The highest BCUT2D eigenvalue weighted by atomic mass is 79.9. The third kappa shape index (κ3) is 3.95. The Hall–Kier alpha value is 0.390. The van der Waals surface area contributed by atoms with E-state index in [0.29, 0.717) is 12.5 Å². The van der Waals surface area contributed by atoms with E-state index in [4.69, 9.17) is 4.74 Å². The summed E-state index contributed by atoms with van der Waals surface area (Å²) in [6.07, 6.45) is 0. The van der Waals surface area contributed by atoms with E-state index in [1.165, 1.54) is 0 Å². The summed E-state index contributed by atoms with van der Waals surface area (Å²) in [6, 6.07) is 3.79. The second-order valence-electron chi connectivity index (χ2n) is 2.14. The molecule has 0 radical (unpaired) electrons. The van der Waals surface area contributed by atoms with E-state index in [9.17, 15) is 0 Å². The molecule has 0 N–H and O–H groups in total. The molecule has 0 aliphatic rings. The minimum absolute atomic E-state index is 0. The van der Waals surface area contributed by atoms with Crippen molar-refractivity contribution >= 4 is 48.8 Å². The van der Waals surface area contributed by atoms with Gasteiger partial charge in [-0.2, -0.15) is 0 Å². The van der Waals surface area contributed by atoms with E-state index in [1.54, 1.807) is 0 Å². The highest BCUT2D eigenvalue weighted by molar-refractivity contribution is 9.10. The largest absolute Gasteiger partial charge is 0.478 e. The topological polar surface area (TPSA) is 22.1 Å². The van der Waals surface area contributed by atoms with Crippen LogP contribution >= 0.6 is 48.8 Å². The lowest BCUT2D eigenvalue weighted by Gasteiger charge is -2.04. The lowest BCUT2D eigenvalue weighted by Crippen LogP contribution is -1.96. The van der Waals surface area contributed by atoms with E-state index in [0.717, 1.165) is 15.5 Å². The summed E-state index contributed by atoms with van der Waals surface area (Å²) in [5, 5.41) is 0.731. The highest BCUT2D eigenvalue weighted by Crippen LogP contribution is 2.20. The summed E-state index contributed by atoms with van der Waals surface area (Å²) >= 11 is 6.74. The van der Waals surface area contributed by atoms with Gasteiger partial charge in [0.2, 0.25) is 5.88 Å². The molecule has 0 spiro atoms. The maximum absolute atomic E-state index is 5.25. The van der Waals surface area contributed by atoms with E-state index in [2.05, 4.69) is 36.8 Å². The van der Waals surface area contributed by atoms with Gasteiger partial charge in [0.05, 0.1) is 12.3 Å². The van der Waals surface area contributed by atoms with Crippen LogP contribution in [0.5, 0.6) is 5.88 Å². The Kier molecular flexibility index (Phi) is 6.99. The van der Waals surface area contributed by atoms with Gasteiger partial charge >= 0.3 is 0 Å². The first-order chi connectivity index (χ1) is 5.77. The average molecular weight is 376 g/mol. The molecule has 0 fully saturated rings. The van der Waals surface area contributed by atoms with Crippen LogP contribution in [-0.2, 0) is 5.33 Å². The monoisotopic (exact) mass is 373 g/mol. The lowest BCUT2D eigenvalue weighted by molar-refractivity contribution is 0.326. The van der Waals surface area contributed by atoms with Crippen LogP contribution in [0.1, 0.15) is 12.6 Å². The molecule has 1 aromatic rings. The van der Waals surface area contributed by atoms with E-state index < -0.39 is 0 Å². The molecule has 0 bridgehead atoms. The van der Waals surface area contributed by atoms with Gasteiger partial charge in [0.1, 0.15) is 0 Å². The first kappa shape index (κ1) is 13.4. The summed E-state index contributed by atoms with van der Waals surface area (Å²) in [5.41, 5.74) is 0.959. The fraction of sp³-hybridized carbons (Fsp3) is 0.375. The summed E-state index contributed by atoms with van der Waals surface area (Å²) in [4.78, 5) is 4.26. The molecule has 13 heavy (non-hydrogen) atoms. The number of aromatic nitrogens is 1. The number of ether oxygens (including phenoxy) is 1. The zero-order valence-corrected chi connectivity index (χ0v) is 12.0. The lowest BCUT2D eigenvalue weighted by atomic mass is 10.4. The minimum Gasteiger partial charge on any atom is -0.478 e. The van der Waals surface area contributed by atoms with Crippen LogP contribution in [0.25, 0.3) is 0 Å². The molecular weight excluding hydrogens is 366 g/mol. The van der Waals surface area contributed by atoms with Crippen molar-refractivity contribution in [2.75, 3.05) is 6.61 Å². The number of rotatable bonds is 3. The number of hydrogen-bond donors (Lipinski definition) is 0. The van der Waals surface area contributed by atoms with Gasteiger partial charge in [0, 0.05) is 15.9 Å². The molecule has 5 heteroatoms. The first-order valence-corrected chi connectivity index (χ1v) is 5.53. The van der Waals surface area contributed by atoms with Gasteiger partial charge in [0.25, 0.3) is 0 Å². The molecule has 0 saturated carbocycles. The van der Waals surface area contributed by atoms with E-state index in [1.807, 2.05) is 19.1 Å². The third-order valence-corrected chi connectivity index (χ3v) is 2.57. The normalized spacial score (nSPS) is 9.15. The number of alkyl halides is 1. The molecule has 0 aromatic carbocycles. The predicted octanol–water partition coefficient (Wildman–Crippen LogP) is 3.72. The number of hydrogen-bond acceptors (Lipinski definition) is 2. The fourth-order valence-electron chi connectivity index (χ4n) is 0.786. The second kappa shape index (κ2) is 6.79. The molecule has 0 atom stereocenters. The van der Waals surface area contributed by atoms with Gasteiger partial charge in [0.15, 0.2) is 0 Å². The zero-order valence-electron chi connectivity index (χ0n) is 7.09. The molecular formula is C8H10Br3NO. The molecule has 1 aromatic heterocycles. The van der Waals surface area contributed by atoms with Gasteiger partial charge in [-0.15, -0.1) is 17.0 Å². The number of nitrogens with zero attached hydrogens (tertiary/aromatic N) is 1. The van der Waals surface area contributed by atoms with Crippen LogP contribution < -0.4 is 4.74 Å². The maximum Gasteiger partial charge on any atom is 0.213 e. The number of pyridine rings is 1. The molecule has 0 amide bonds. The standard InChI is InChI=1S/C8H9Br2NO.BrH/c1-2-12-8-4-3-6(10)7(5-9)11-8;/h3-4H,2,5H2,1H3;1H. The zero-order chi connectivity index (χ0) is 8.97. The Morgan fingerprint density at radius 2 is 2.15 bits per heavy atom. The SMILES string of the molecule is Br.CCOc1ccc(Br)c(CBr)n1. The van der Waals surface area contributed by atoms with Gasteiger partial charge in [-0.1, -0.05) is 15.9 Å². The van der Waals surface area contributed by atoms with Crippen molar-refractivity contribution in [2.45, 2.75) is 12.3 Å². The average Bonchev–Trinajstić information content (AvgIpc) is 2.09. The molecule has 0 aliphatic heterocycles. The van der Waals surface area contributed by atoms with Crippen molar-refractivity contribution in [3.05, 3.63) is 22.3 Å². The Bertz CT molecular complexity index is 268. The Morgan fingerprint density at radius 1 is 1.46 bits per heavy atom. The van der Waals surface area contributed by atoms with Crippen LogP contribution in [0.4, 0.5) is 0 Å². The Balaban J connectivity index is 0.00000144. The summed E-state index contributed by atoms with van der Waals surface area (Å²) in [5.74, 6) is 0.676. The van der Waals surface area contributed by atoms with Crippen LogP contribution in [-0.4, -0.2) is 11.6 Å². The van der Waals surface area contributed by atoms with Crippen molar-refractivity contribution in [2.24, 2.45) is 0 Å². The van der Waals surface area contributed by atoms with Crippen LogP contribution in [0.15, 0.2) is 16.6 Å². The van der Waals surface area contributed by atoms with Crippen LogP contribution in [0, 0.1) is 0 Å². The van der Waals surface area contributed by atoms with Crippen molar-refractivity contribution in [3.8, 4) is 5.88 Å². The quantitative estimate of drug-likeness (QED) is 0.751. The second-order valence-corrected chi connectivity index (χ2v) is 3.56. The van der Waals surface area contributed by atoms with Crippen molar-refractivity contribution in [1.82, 2.24) is 4.98 Å². The molecule has 1 rings (SSSR count). The minimum atomic E-state index is 0. The van der Waals surface area contributed by atoms with Gasteiger partial charge in [-0.3, -0.25) is 0 Å². The van der Waals surface area contributed by atoms with Gasteiger partial charge in [-0.25, -0.2) is 4.98 Å². The van der Waals surface area contributed by atoms with Crippen LogP contribution in [0.2, 0.25) is 0 Å². The van der Waals surface area contributed by atoms with Gasteiger partial charge < -0.3 is 4.74 Å². The molecule has 1 heterocycles. The molecule has 2 nitrogen and oxygen atoms in total. The molecule has 0 aliphatic carbocycles. The number of halogens is 3. The fourth-order valence-corrected chi connectivity index (χ4v) is 1.95. The van der Waals surface area contributed by atoms with Crippen LogP contribution in [0.3, 0.4) is 0 Å². The van der Waals surface area contributed by atoms with Crippen molar-refractivity contribution in [1.29, 1.82) is 0 Å². The first-order valence-electron chi connectivity index (χ1n) is 3.62. The predicted molar refractivity (Wildman–Crippen MR) is 66.1 cm³/mol. The van der Waals surface area contributed by atoms with Gasteiger partial charge in [-0.05, 0) is 28.9 Å².